The maximum absolute atomic E-state index is 9.60. The highest BCUT2D eigenvalue weighted by Crippen LogP contribution is 2.61. The van der Waals surface area contributed by atoms with Crippen LogP contribution in [0.1, 0.15) is 31.7 Å². The quantitative estimate of drug-likeness (QED) is 0.818. The van der Waals surface area contributed by atoms with Crippen LogP contribution in [0.25, 0.3) is 0 Å². The average molecular weight is 259 g/mol. The van der Waals surface area contributed by atoms with E-state index >= 15 is 0 Å². The molecule has 1 aliphatic carbocycles. The van der Waals surface area contributed by atoms with E-state index in [1.807, 2.05) is 31.2 Å². The third-order valence-corrected chi connectivity index (χ3v) is 4.70. The molecule has 1 nitrogen and oxygen atoms in total. The van der Waals surface area contributed by atoms with Gasteiger partial charge in [0.2, 0.25) is 0 Å². The van der Waals surface area contributed by atoms with Crippen molar-refractivity contribution >= 4 is 23.2 Å². The van der Waals surface area contributed by atoms with Gasteiger partial charge >= 0.3 is 0 Å². The maximum Gasteiger partial charge on any atom is 0.0572 e. The number of hydrogen-bond acceptors (Lipinski definition) is 1. The fourth-order valence-corrected chi connectivity index (χ4v) is 2.84. The van der Waals surface area contributed by atoms with Crippen molar-refractivity contribution in [1.82, 2.24) is 0 Å². The summed E-state index contributed by atoms with van der Waals surface area (Å²) >= 11 is 12.4. The standard InChI is InChI=1S/C13H16Cl2O/c1-8(9(2)16)13(15)7-12(13)10-3-5-11(14)6-4-10/h3-6,8-9,12,16H,7H2,1-2H3. The molecule has 0 saturated heterocycles. The lowest BCUT2D eigenvalue weighted by Crippen LogP contribution is -2.26. The van der Waals surface area contributed by atoms with Crippen molar-refractivity contribution in [3.8, 4) is 0 Å². The van der Waals surface area contributed by atoms with Gasteiger partial charge < -0.3 is 5.11 Å². The molecule has 0 spiro atoms. The molecule has 1 fully saturated rings. The molecule has 1 aromatic carbocycles. The normalized spacial score (nSPS) is 32.2. The molecule has 2 rings (SSSR count). The molecule has 3 heteroatoms. The molecule has 0 aromatic heterocycles. The van der Waals surface area contributed by atoms with Gasteiger partial charge in [-0.25, -0.2) is 0 Å². The zero-order valence-electron chi connectivity index (χ0n) is 9.45. The van der Waals surface area contributed by atoms with Gasteiger partial charge in [-0.05, 0) is 31.0 Å². The first-order valence-corrected chi connectivity index (χ1v) is 6.33. The highest BCUT2D eigenvalue weighted by atomic mass is 35.5. The second-order valence-electron chi connectivity index (χ2n) is 4.76. The molecule has 1 aromatic rings. The van der Waals surface area contributed by atoms with Gasteiger partial charge in [-0.1, -0.05) is 30.7 Å². The molecule has 1 N–H and O–H groups in total. The SMILES string of the molecule is CC(O)C(C)C1(Cl)CC1c1ccc(Cl)cc1. The van der Waals surface area contributed by atoms with Crippen molar-refractivity contribution in [2.45, 2.75) is 37.2 Å². The van der Waals surface area contributed by atoms with Crippen molar-refractivity contribution in [2.75, 3.05) is 0 Å². The molecule has 0 radical (unpaired) electrons. The second kappa shape index (κ2) is 4.21. The fourth-order valence-electron chi connectivity index (χ4n) is 2.25. The smallest absolute Gasteiger partial charge is 0.0572 e. The first-order chi connectivity index (χ1) is 7.45. The van der Waals surface area contributed by atoms with Gasteiger partial charge in [0.1, 0.15) is 0 Å². The molecule has 88 valence electrons. The Morgan fingerprint density at radius 2 is 1.88 bits per heavy atom. The van der Waals surface area contributed by atoms with Gasteiger partial charge in [-0.3, -0.25) is 0 Å². The van der Waals surface area contributed by atoms with Gasteiger partial charge in [0, 0.05) is 16.9 Å². The minimum absolute atomic E-state index is 0.106. The van der Waals surface area contributed by atoms with Gasteiger partial charge in [0.25, 0.3) is 0 Å². The summed E-state index contributed by atoms with van der Waals surface area (Å²) in [4.78, 5) is -0.276. The molecule has 1 aliphatic rings. The van der Waals surface area contributed by atoms with E-state index in [2.05, 4.69) is 0 Å². The predicted octanol–water partition coefficient (Wildman–Crippen LogP) is 3.82. The Morgan fingerprint density at radius 1 is 1.31 bits per heavy atom. The van der Waals surface area contributed by atoms with Crippen LogP contribution < -0.4 is 0 Å². The average Bonchev–Trinajstić information content (AvgIpc) is 2.92. The van der Waals surface area contributed by atoms with Crippen LogP contribution in [0.4, 0.5) is 0 Å². The molecule has 0 heterocycles. The van der Waals surface area contributed by atoms with Crippen LogP contribution in [0.15, 0.2) is 24.3 Å². The first-order valence-electron chi connectivity index (χ1n) is 5.57. The van der Waals surface area contributed by atoms with Gasteiger partial charge in [-0.2, -0.15) is 0 Å². The summed E-state index contributed by atoms with van der Waals surface area (Å²) in [5.74, 6) is 0.450. The van der Waals surface area contributed by atoms with Crippen molar-refractivity contribution in [3.05, 3.63) is 34.9 Å². The van der Waals surface area contributed by atoms with E-state index in [1.54, 1.807) is 6.92 Å². The topological polar surface area (TPSA) is 20.2 Å². The summed E-state index contributed by atoms with van der Waals surface area (Å²) in [5.41, 5.74) is 1.21. The number of aliphatic hydroxyl groups excluding tert-OH is 1. The first kappa shape index (κ1) is 12.2. The molecule has 0 bridgehead atoms. The maximum atomic E-state index is 9.60. The predicted molar refractivity (Wildman–Crippen MR) is 68.2 cm³/mol. The zero-order chi connectivity index (χ0) is 11.9. The van der Waals surface area contributed by atoms with Crippen LogP contribution in [0.5, 0.6) is 0 Å². The largest absolute Gasteiger partial charge is 0.393 e. The number of rotatable bonds is 3. The number of hydrogen-bond donors (Lipinski definition) is 1. The molecule has 0 amide bonds. The molecule has 4 unspecified atom stereocenters. The molecule has 1 saturated carbocycles. The Hall–Kier alpha value is -0.240. The summed E-state index contributed by atoms with van der Waals surface area (Å²) in [6.07, 6.45) is 0.567. The highest BCUT2D eigenvalue weighted by molar-refractivity contribution is 6.30. The summed E-state index contributed by atoms with van der Waals surface area (Å²) < 4.78 is 0. The molecule has 0 aliphatic heterocycles. The molecule has 4 atom stereocenters. The fraction of sp³-hybridized carbons (Fsp3) is 0.538. The van der Waals surface area contributed by atoms with Crippen molar-refractivity contribution < 1.29 is 5.11 Å². The van der Waals surface area contributed by atoms with Crippen LogP contribution in [-0.4, -0.2) is 16.1 Å². The molecular formula is C13H16Cl2O. The Kier molecular flexibility index (Phi) is 3.22. The van der Waals surface area contributed by atoms with E-state index in [-0.39, 0.29) is 16.9 Å². The molecular weight excluding hydrogens is 243 g/mol. The Labute approximate surface area is 106 Å². The van der Waals surface area contributed by atoms with Crippen LogP contribution in [0, 0.1) is 5.92 Å². The lowest BCUT2D eigenvalue weighted by molar-refractivity contribution is 0.127. The lowest BCUT2D eigenvalue weighted by atomic mass is 9.96. The number of benzene rings is 1. The van der Waals surface area contributed by atoms with Crippen LogP contribution in [0.2, 0.25) is 5.02 Å². The van der Waals surface area contributed by atoms with Crippen molar-refractivity contribution in [1.29, 1.82) is 0 Å². The summed E-state index contributed by atoms with van der Waals surface area (Å²) in [5, 5.41) is 10.3. The Morgan fingerprint density at radius 3 is 2.38 bits per heavy atom. The Bertz CT molecular complexity index is 374. The van der Waals surface area contributed by atoms with Crippen LogP contribution in [0.3, 0.4) is 0 Å². The van der Waals surface area contributed by atoms with Crippen molar-refractivity contribution in [2.24, 2.45) is 5.92 Å². The highest BCUT2D eigenvalue weighted by Gasteiger charge is 2.57. The van der Waals surface area contributed by atoms with E-state index in [4.69, 9.17) is 23.2 Å². The summed E-state index contributed by atoms with van der Waals surface area (Å²) in [6, 6.07) is 7.82. The third kappa shape index (κ3) is 2.09. The number of aliphatic hydroxyl groups is 1. The number of halogens is 2. The van der Waals surface area contributed by atoms with E-state index < -0.39 is 0 Å². The van der Waals surface area contributed by atoms with E-state index in [0.29, 0.717) is 5.92 Å². The van der Waals surface area contributed by atoms with E-state index in [0.717, 1.165) is 11.4 Å². The van der Waals surface area contributed by atoms with Crippen LogP contribution >= 0.6 is 23.2 Å². The third-order valence-electron chi connectivity index (χ3n) is 3.69. The summed E-state index contributed by atoms with van der Waals surface area (Å²) in [7, 11) is 0. The van der Waals surface area contributed by atoms with Gasteiger partial charge in [0.05, 0.1) is 11.0 Å². The Balaban J connectivity index is 2.13. The van der Waals surface area contributed by atoms with E-state index in [9.17, 15) is 5.11 Å². The lowest BCUT2D eigenvalue weighted by Gasteiger charge is -2.21. The van der Waals surface area contributed by atoms with Crippen molar-refractivity contribution in [3.63, 3.8) is 0 Å². The monoisotopic (exact) mass is 258 g/mol. The minimum Gasteiger partial charge on any atom is -0.393 e. The minimum atomic E-state index is -0.366. The molecule has 16 heavy (non-hydrogen) atoms. The van der Waals surface area contributed by atoms with Gasteiger partial charge in [0.15, 0.2) is 0 Å². The zero-order valence-corrected chi connectivity index (χ0v) is 11.0. The van der Waals surface area contributed by atoms with Crippen LogP contribution in [-0.2, 0) is 0 Å². The van der Waals surface area contributed by atoms with E-state index in [1.165, 1.54) is 5.56 Å². The number of alkyl halides is 1. The van der Waals surface area contributed by atoms with Gasteiger partial charge in [-0.15, -0.1) is 11.6 Å². The summed E-state index contributed by atoms with van der Waals surface area (Å²) in [6.45, 7) is 3.81. The second-order valence-corrected chi connectivity index (χ2v) is 5.90.